The molecule has 1 amide bonds. The van der Waals surface area contributed by atoms with Crippen LogP contribution in [0.25, 0.3) is 0 Å². The predicted octanol–water partition coefficient (Wildman–Crippen LogP) is -0.0143. The molecule has 1 atom stereocenters. The number of hydrogen-bond acceptors (Lipinski definition) is 2. The van der Waals surface area contributed by atoms with Crippen molar-refractivity contribution >= 4 is 11.9 Å². The fourth-order valence-electron chi connectivity index (χ4n) is 1.33. The number of rotatable bonds is 1. The van der Waals surface area contributed by atoms with Gasteiger partial charge in [0.1, 0.15) is 0 Å². The van der Waals surface area contributed by atoms with Crippen molar-refractivity contribution in [1.29, 1.82) is 0 Å². The lowest BCUT2D eigenvalue weighted by molar-refractivity contribution is -0.143. The first-order valence-corrected chi connectivity index (χ1v) is 3.47. The third-order valence-corrected chi connectivity index (χ3v) is 2.02. The smallest absolute Gasteiger partial charge is 0.309 e. The Labute approximate surface area is 64.6 Å². The molecule has 1 aliphatic rings. The molecule has 1 unspecified atom stereocenters. The summed E-state index contributed by atoms with van der Waals surface area (Å²) in [6, 6.07) is 0. The van der Waals surface area contributed by atoms with Crippen LogP contribution in [0.1, 0.15) is 20.3 Å². The van der Waals surface area contributed by atoms with E-state index in [1.54, 1.807) is 13.8 Å². The fraction of sp³-hybridized carbons (Fsp3) is 0.714. The summed E-state index contributed by atoms with van der Waals surface area (Å²) in [7, 11) is 0. The zero-order valence-corrected chi connectivity index (χ0v) is 6.55. The van der Waals surface area contributed by atoms with Crippen LogP contribution in [0.5, 0.6) is 0 Å². The minimum Gasteiger partial charge on any atom is -0.481 e. The molecule has 0 bridgehead atoms. The second-order valence-electron chi connectivity index (χ2n) is 3.36. The number of aliphatic carboxylic acids is 1. The maximum atomic E-state index is 10.8. The summed E-state index contributed by atoms with van der Waals surface area (Å²) < 4.78 is 0. The zero-order chi connectivity index (χ0) is 8.65. The third kappa shape index (κ3) is 1.34. The molecule has 0 saturated carbocycles. The molecular weight excluding hydrogens is 146 g/mol. The predicted molar refractivity (Wildman–Crippen MR) is 38.0 cm³/mol. The molecule has 1 saturated heterocycles. The average Bonchev–Trinajstić information content (AvgIpc) is 2.04. The van der Waals surface area contributed by atoms with E-state index < -0.39 is 17.4 Å². The Balaban J connectivity index is 2.82. The number of carboxylic acids is 1. The van der Waals surface area contributed by atoms with Crippen molar-refractivity contribution in [3.63, 3.8) is 0 Å². The highest BCUT2D eigenvalue weighted by atomic mass is 16.4. The minimum atomic E-state index is -0.909. The highest BCUT2D eigenvalue weighted by molar-refractivity contribution is 5.87. The number of carbonyl (C=O) groups is 2. The summed E-state index contributed by atoms with van der Waals surface area (Å²) in [5.74, 6) is -1.68. The van der Waals surface area contributed by atoms with Crippen LogP contribution in [0.15, 0.2) is 0 Å². The Kier molecular flexibility index (Phi) is 1.62. The molecule has 62 valence electrons. The molecule has 4 nitrogen and oxygen atoms in total. The molecule has 2 N–H and O–H groups in total. The van der Waals surface area contributed by atoms with Crippen LogP contribution in [0.2, 0.25) is 0 Å². The molecule has 0 aliphatic carbocycles. The van der Waals surface area contributed by atoms with Gasteiger partial charge in [-0.3, -0.25) is 9.59 Å². The quantitative estimate of drug-likeness (QED) is 0.562. The van der Waals surface area contributed by atoms with Gasteiger partial charge in [0.15, 0.2) is 0 Å². The minimum absolute atomic E-state index is 0.0995. The molecule has 0 radical (unpaired) electrons. The molecule has 0 aromatic rings. The molecule has 1 rings (SSSR count). The lowest BCUT2D eigenvalue weighted by atomic mass is 9.89. The van der Waals surface area contributed by atoms with Crippen LogP contribution in [0.4, 0.5) is 0 Å². The van der Waals surface area contributed by atoms with Gasteiger partial charge in [0.05, 0.1) is 5.92 Å². The van der Waals surface area contributed by atoms with E-state index in [0.29, 0.717) is 0 Å². The summed E-state index contributed by atoms with van der Waals surface area (Å²) in [6.45, 7) is 3.44. The lowest BCUT2D eigenvalue weighted by Crippen LogP contribution is -2.42. The van der Waals surface area contributed by atoms with Crippen molar-refractivity contribution in [1.82, 2.24) is 5.32 Å². The highest BCUT2D eigenvalue weighted by Crippen LogP contribution is 2.26. The Morgan fingerprint density at radius 1 is 1.73 bits per heavy atom. The summed E-state index contributed by atoms with van der Waals surface area (Å²) in [4.78, 5) is 21.4. The molecule has 11 heavy (non-hydrogen) atoms. The topological polar surface area (TPSA) is 66.4 Å². The first-order chi connectivity index (χ1) is 4.93. The van der Waals surface area contributed by atoms with Crippen LogP contribution in [-0.4, -0.2) is 22.5 Å². The highest BCUT2D eigenvalue weighted by Gasteiger charge is 2.43. The van der Waals surface area contributed by atoms with Gasteiger partial charge in [0, 0.05) is 12.0 Å². The van der Waals surface area contributed by atoms with E-state index in [1.165, 1.54) is 0 Å². The van der Waals surface area contributed by atoms with Gasteiger partial charge in [-0.15, -0.1) is 0 Å². The Hall–Kier alpha value is -1.06. The van der Waals surface area contributed by atoms with E-state index in [0.717, 1.165) is 0 Å². The van der Waals surface area contributed by atoms with Gasteiger partial charge in [-0.2, -0.15) is 0 Å². The fourth-order valence-corrected chi connectivity index (χ4v) is 1.33. The summed E-state index contributed by atoms with van der Waals surface area (Å²) in [5.41, 5.74) is -0.594. The number of carbonyl (C=O) groups excluding carboxylic acids is 1. The van der Waals surface area contributed by atoms with E-state index >= 15 is 0 Å². The molecule has 1 fully saturated rings. The van der Waals surface area contributed by atoms with Crippen molar-refractivity contribution in [3.8, 4) is 0 Å². The molecule has 4 heteroatoms. The average molecular weight is 157 g/mol. The summed E-state index contributed by atoms with van der Waals surface area (Å²) >= 11 is 0. The first kappa shape index (κ1) is 8.04. The maximum Gasteiger partial charge on any atom is 0.309 e. The van der Waals surface area contributed by atoms with Crippen LogP contribution < -0.4 is 5.32 Å². The van der Waals surface area contributed by atoms with Crippen LogP contribution in [0.3, 0.4) is 0 Å². The number of nitrogens with one attached hydrogen (secondary N) is 1. The number of carboxylic acid groups (broad SMARTS) is 1. The van der Waals surface area contributed by atoms with Gasteiger partial charge in [0.2, 0.25) is 5.91 Å². The standard InChI is InChI=1S/C7H11NO3/c1-7(2)4(6(10)11)3-5(9)8-7/h4H,3H2,1-2H3,(H,8,9)(H,10,11). The van der Waals surface area contributed by atoms with Crippen LogP contribution >= 0.6 is 0 Å². The molecular formula is C7H11NO3. The Morgan fingerprint density at radius 3 is 2.45 bits per heavy atom. The van der Waals surface area contributed by atoms with Gasteiger partial charge >= 0.3 is 5.97 Å². The van der Waals surface area contributed by atoms with Crippen molar-refractivity contribution in [2.24, 2.45) is 5.92 Å². The van der Waals surface area contributed by atoms with E-state index in [9.17, 15) is 9.59 Å². The molecule has 0 aromatic heterocycles. The second-order valence-corrected chi connectivity index (χ2v) is 3.36. The van der Waals surface area contributed by atoms with Gasteiger partial charge < -0.3 is 10.4 Å². The number of amides is 1. The van der Waals surface area contributed by atoms with Gasteiger partial charge in [-0.05, 0) is 13.8 Å². The zero-order valence-electron chi connectivity index (χ0n) is 6.55. The van der Waals surface area contributed by atoms with Gasteiger partial charge in [0.25, 0.3) is 0 Å². The van der Waals surface area contributed by atoms with Gasteiger partial charge in [-0.25, -0.2) is 0 Å². The SMILES string of the molecule is CC1(C)NC(=O)CC1C(=O)O. The summed E-state index contributed by atoms with van der Waals surface area (Å²) in [5, 5.41) is 11.3. The van der Waals surface area contributed by atoms with Crippen LogP contribution in [0, 0.1) is 5.92 Å². The second kappa shape index (κ2) is 2.22. The van der Waals surface area contributed by atoms with Crippen molar-refractivity contribution in [2.75, 3.05) is 0 Å². The first-order valence-electron chi connectivity index (χ1n) is 3.47. The van der Waals surface area contributed by atoms with E-state index in [2.05, 4.69) is 5.32 Å². The normalized spacial score (nSPS) is 28.2. The maximum absolute atomic E-state index is 10.8. The monoisotopic (exact) mass is 157 g/mol. The molecule has 1 aliphatic heterocycles. The van der Waals surface area contributed by atoms with E-state index in [4.69, 9.17) is 5.11 Å². The van der Waals surface area contributed by atoms with Crippen molar-refractivity contribution in [2.45, 2.75) is 25.8 Å². The molecule has 1 heterocycles. The summed E-state index contributed by atoms with van der Waals surface area (Å²) in [6.07, 6.45) is 0.0995. The molecule has 0 aromatic carbocycles. The van der Waals surface area contributed by atoms with Gasteiger partial charge in [-0.1, -0.05) is 0 Å². The van der Waals surface area contributed by atoms with E-state index in [-0.39, 0.29) is 12.3 Å². The van der Waals surface area contributed by atoms with Crippen LogP contribution in [-0.2, 0) is 9.59 Å². The largest absolute Gasteiger partial charge is 0.481 e. The Morgan fingerprint density at radius 2 is 2.27 bits per heavy atom. The molecule has 0 spiro atoms. The van der Waals surface area contributed by atoms with E-state index in [1.807, 2.05) is 0 Å². The van der Waals surface area contributed by atoms with Crippen molar-refractivity contribution < 1.29 is 14.7 Å². The lowest BCUT2D eigenvalue weighted by Gasteiger charge is -2.22. The number of hydrogen-bond donors (Lipinski definition) is 2. The van der Waals surface area contributed by atoms with Crippen molar-refractivity contribution in [3.05, 3.63) is 0 Å². The third-order valence-electron chi connectivity index (χ3n) is 2.02. The Bertz CT molecular complexity index is 210.